The molecule has 1 aromatic carbocycles. The molecule has 2 heterocycles. The third-order valence-electron chi connectivity index (χ3n) is 4.90. The summed E-state index contributed by atoms with van der Waals surface area (Å²) in [6.45, 7) is 14.0. The van der Waals surface area contributed by atoms with Crippen molar-refractivity contribution in [1.82, 2.24) is 14.4 Å². The minimum absolute atomic E-state index is 0.533. The van der Waals surface area contributed by atoms with E-state index in [0.717, 1.165) is 37.5 Å². The summed E-state index contributed by atoms with van der Waals surface area (Å²) in [6, 6.07) is 8.21. The molecule has 4 nitrogen and oxygen atoms in total. The molecule has 0 N–H and O–H groups in total. The number of para-hydroxylation sites is 1. The van der Waals surface area contributed by atoms with Crippen LogP contribution in [0.1, 0.15) is 44.7 Å². The number of hydrogen-bond acceptors (Lipinski definition) is 5. The molecular formula is C20H29N3OS. The second-order valence-electron chi connectivity index (χ2n) is 6.85. The van der Waals surface area contributed by atoms with Crippen LogP contribution in [0.5, 0.6) is 0 Å². The van der Waals surface area contributed by atoms with Crippen molar-refractivity contribution in [2.24, 2.45) is 0 Å². The van der Waals surface area contributed by atoms with Crippen LogP contribution in [-0.2, 0) is 0 Å². The summed E-state index contributed by atoms with van der Waals surface area (Å²) in [5, 5.41) is 5.55. The molecule has 136 valence electrons. The molecule has 3 rings (SSSR count). The van der Waals surface area contributed by atoms with Crippen molar-refractivity contribution < 1.29 is 4.52 Å². The zero-order valence-electron chi connectivity index (χ0n) is 15.4. The van der Waals surface area contributed by atoms with Gasteiger partial charge in [0.15, 0.2) is 5.58 Å². The van der Waals surface area contributed by atoms with Crippen LogP contribution in [0.4, 0.5) is 0 Å². The van der Waals surface area contributed by atoms with Crippen molar-refractivity contribution in [3.8, 4) is 0 Å². The van der Waals surface area contributed by atoms with Crippen LogP contribution < -0.4 is 0 Å². The van der Waals surface area contributed by atoms with Crippen molar-refractivity contribution in [2.75, 3.05) is 32.7 Å². The van der Waals surface area contributed by atoms with Gasteiger partial charge in [0.2, 0.25) is 0 Å². The Hall–Kier alpha value is -1.30. The standard InChI is InChI=1S/C20H29N3OS/c1-4-23(25-16(2)3)13-7-12-22-14-10-17(11-15-22)20-18-8-5-6-9-19(18)24-21-20/h5-6,8-9,17H,2,4,7,10-15H2,1,3H3. The van der Waals surface area contributed by atoms with E-state index in [9.17, 15) is 0 Å². The largest absolute Gasteiger partial charge is 0.356 e. The number of nitrogens with zero attached hydrogens (tertiary/aromatic N) is 3. The van der Waals surface area contributed by atoms with Crippen molar-refractivity contribution in [3.63, 3.8) is 0 Å². The maximum atomic E-state index is 5.49. The monoisotopic (exact) mass is 359 g/mol. The molecule has 0 radical (unpaired) electrons. The summed E-state index contributed by atoms with van der Waals surface area (Å²) >= 11 is 1.79. The van der Waals surface area contributed by atoms with Crippen LogP contribution in [0.15, 0.2) is 40.3 Å². The zero-order valence-corrected chi connectivity index (χ0v) is 16.2. The molecule has 2 aromatic rings. The van der Waals surface area contributed by atoms with Gasteiger partial charge in [0, 0.05) is 24.4 Å². The molecule has 5 heteroatoms. The summed E-state index contributed by atoms with van der Waals surface area (Å²) in [7, 11) is 0. The van der Waals surface area contributed by atoms with Crippen LogP contribution in [0, 0.1) is 0 Å². The lowest BCUT2D eigenvalue weighted by Crippen LogP contribution is -2.35. The lowest BCUT2D eigenvalue weighted by Gasteiger charge is -2.31. The Kier molecular flexibility index (Phi) is 6.57. The second-order valence-corrected chi connectivity index (χ2v) is 8.24. The van der Waals surface area contributed by atoms with Crippen molar-refractivity contribution in [1.29, 1.82) is 0 Å². The zero-order chi connectivity index (χ0) is 17.6. The Balaban J connectivity index is 1.45. The minimum Gasteiger partial charge on any atom is -0.356 e. The molecule has 1 aliphatic heterocycles. The maximum absolute atomic E-state index is 5.49. The van der Waals surface area contributed by atoms with Gasteiger partial charge in [-0.3, -0.25) is 0 Å². The van der Waals surface area contributed by atoms with Crippen molar-refractivity contribution >= 4 is 22.9 Å². The van der Waals surface area contributed by atoms with Crippen molar-refractivity contribution in [3.05, 3.63) is 41.4 Å². The first-order valence-electron chi connectivity index (χ1n) is 9.32. The SMILES string of the molecule is C=C(C)SN(CC)CCCN1CCC(c2noc3ccccc23)CC1. The van der Waals surface area contributed by atoms with E-state index < -0.39 is 0 Å². The fraction of sp³-hybridized carbons (Fsp3) is 0.550. The van der Waals surface area contributed by atoms with Crippen LogP contribution in [0.3, 0.4) is 0 Å². The Morgan fingerprint density at radius 3 is 2.84 bits per heavy atom. The van der Waals surface area contributed by atoms with E-state index in [0.29, 0.717) is 5.92 Å². The number of hydrogen-bond donors (Lipinski definition) is 0. The first-order valence-corrected chi connectivity index (χ1v) is 10.1. The van der Waals surface area contributed by atoms with Crippen LogP contribution in [0.2, 0.25) is 0 Å². The molecule has 25 heavy (non-hydrogen) atoms. The van der Waals surface area contributed by atoms with Gasteiger partial charge in [-0.1, -0.05) is 30.8 Å². The smallest absolute Gasteiger partial charge is 0.167 e. The topological polar surface area (TPSA) is 32.5 Å². The summed E-state index contributed by atoms with van der Waals surface area (Å²) in [5.74, 6) is 0.533. The van der Waals surface area contributed by atoms with Gasteiger partial charge in [0.05, 0.1) is 5.69 Å². The lowest BCUT2D eigenvalue weighted by molar-refractivity contribution is 0.203. The minimum atomic E-state index is 0.533. The number of allylic oxidation sites excluding steroid dienone is 1. The molecule has 1 saturated heterocycles. The van der Waals surface area contributed by atoms with Gasteiger partial charge >= 0.3 is 0 Å². The normalized spacial score (nSPS) is 16.8. The molecule has 0 saturated carbocycles. The molecule has 1 aromatic heterocycles. The van der Waals surface area contributed by atoms with Gasteiger partial charge < -0.3 is 9.42 Å². The first-order chi connectivity index (χ1) is 12.2. The van der Waals surface area contributed by atoms with Crippen LogP contribution in [0.25, 0.3) is 11.0 Å². The third-order valence-corrected chi connectivity index (χ3v) is 5.91. The highest BCUT2D eigenvalue weighted by Crippen LogP contribution is 2.32. The van der Waals surface area contributed by atoms with Gasteiger partial charge in [-0.05, 0) is 74.8 Å². The Labute approximate surface area is 155 Å². The van der Waals surface area contributed by atoms with E-state index in [2.05, 4.69) is 46.9 Å². The van der Waals surface area contributed by atoms with Gasteiger partial charge in [-0.15, -0.1) is 0 Å². The average Bonchev–Trinajstić information content (AvgIpc) is 3.05. The number of piperidine rings is 1. The second kappa shape index (κ2) is 8.88. The fourth-order valence-corrected chi connectivity index (χ4v) is 4.38. The van der Waals surface area contributed by atoms with E-state index in [1.807, 2.05) is 12.1 Å². The number of rotatable bonds is 8. The Morgan fingerprint density at radius 2 is 2.12 bits per heavy atom. The molecule has 0 spiro atoms. The molecule has 1 aliphatic rings. The summed E-state index contributed by atoms with van der Waals surface area (Å²) in [5.41, 5.74) is 2.07. The molecule has 0 atom stereocenters. The number of likely N-dealkylation sites (tertiary alicyclic amines) is 1. The summed E-state index contributed by atoms with van der Waals surface area (Å²) in [6.07, 6.45) is 3.56. The highest BCUT2D eigenvalue weighted by molar-refractivity contribution is 8.00. The Morgan fingerprint density at radius 1 is 1.36 bits per heavy atom. The fourth-order valence-electron chi connectivity index (χ4n) is 3.59. The van der Waals surface area contributed by atoms with Gasteiger partial charge in [-0.2, -0.15) is 0 Å². The van der Waals surface area contributed by atoms with E-state index in [4.69, 9.17) is 4.52 Å². The van der Waals surface area contributed by atoms with Crippen LogP contribution in [-0.4, -0.2) is 47.1 Å². The maximum Gasteiger partial charge on any atom is 0.167 e. The molecule has 0 unspecified atom stereocenters. The highest BCUT2D eigenvalue weighted by Gasteiger charge is 2.24. The van der Waals surface area contributed by atoms with Gasteiger partial charge in [-0.25, -0.2) is 4.31 Å². The highest BCUT2D eigenvalue weighted by atomic mass is 32.2. The number of benzene rings is 1. The molecule has 0 bridgehead atoms. The molecular weight excluding hydrogens is 330 g/mol. The van der Waals surface area contributed by atoms with Gasteiger partial charge in [0.1, 0.15) is 0 Å². The van der Waals surface area contributed by atoms with Crippen molar-refractivity contribution in [2.45, 2.75) is 39.0 Å². The summed E-state index contributed by atoms with van der Waals surface area (Å²) < 4.78 is 7.89. The average molecular weight is 360 g/mol. The molecule has 1 fully saturated rings. The first kappa shape index (κ1) is 18.5. The number of aromatic nitrogens is 1. The van der Waals surface area contributed by atoms with E-state index in [-0.39, 0.29) is 0 Å². The van der Waals surface area contributed by atoms with E-state index >= 15 is 0 Å². The predicted octanol–water partition coefficient (Wildman–Crippen LogP) is 4.90. The number of fused-ring (bicyclic) bond motifs is 1. The lowest BCUT2D eigenvalue weighted by atomic mass is 9.91. The molecule has 0 amide bonds. The predicted molar refractivity (Wildman–Crippen MR) is 107 cm³/mol. The molecule has 0 aliphatic carbocycles. The summed E-state index contributed by atoms with van der Waals surface area (Å²) in [4.78, 5) is 3.76. The van der Waals surface area contributed by atoms with Crippen LogP contribution >= 0.6 is 11.9 Å². The quantitative estimate of drug-likeness (QED) is 0.626. The third kappa shape index (κ3) is 4.87. The van der Waals surface area contributed by atoms with E-state index in [1.54, 1.807) is 11.9 Å². The Bertz CT molecular complexity index is 691. The van der Waals surface area contributed by atoms with E-state index in [1.165, 1.54) is 36.1 Å². The van der Waals surface area contributed by atoms with Gasteiger partial charge in [0.25, 0.3) is 0 Å².